The molecule has 0 atom stereocenters. The number of carboxylic acids is 1. The van der Waals surface area contributed by atoms with Gasteiger partial charge in [-0.05, 0) is 28.9 Å². The van der Waals surface area contributed by atoms with Crippen molar-refractivity contribution in [3.05, 3.63) is 28.8 Å². The van der Waals surface area contributed by atoms with Crippen LogP contribution in [0.15, 0.2) is 12.1 Å². The number of phenols is 1. The lowest BCUT2D eigenvalue weighted by atomic mass is 9.78. The van der Waals surface area contributed by atoms with Gasteiger partial charge in [-0.15, -0.1) is 0 Å². The number of benzene rings is 1. The Morgan fingerprint density at radius 3 is 1.48 bits per heavy atom. The molecule has 0 aliphatic heterocycles. The first-order valence-corrected chi connectivity index (χ1v) is 7.37. The molecule has 0 spiro atoms. The molecule has 3 heteroatoms. The topological polar surface area (TPSA) is 57.5 Å². The molecule has 0 amide bonds. The molecule has 1 aromatic rings. The fraction of sp³-hybridized carbons (Fsp3) is 0.611. The van der Waals surface area contributed by atoms with Crippen LogP contribution in [0.4, 0.5) is 0 Å². The van der Waals surface area contributed by atoms with Crippen molar-refractivity contribution in [2.24, 2.45) is 0 Å². The van der Waals surface area contributed by atoms with E-state index in [1.165, 1.54) is 5.56 Å². The van der Waals surface area contributed by atoms with E-state index in [4.69, 9.17) is 5.11 Å². The van der Waals surface area contributed by atoms with Crippen LogP contribution in [0.5, 0.6) is 5.75 Å². The Bertz CT molecular complexity index is 453. The number of aliphatic carboxylic acids is 1. The molecule has 21 heavy (non-hydrogen) atoms. The molecule has 0 bridgehead atoms. The molecule has 120 valence electrons. The molecule has 1 aromatic carbocycles. The zero-order valence-electron chi connectivity index (χ0n) is 14.7. The second-order valence-corrected chi connectivity index (χ2v) is 7.46. The lowest BCUT2D eigenvalue weighted by molar-refractivity contribution is -0.136. The minimum absolute atomic E-state index is 0.0178. The molecular weight excluding hydrogens is 264 g/mol. The fourth-order valence-corrected chi connectivity index (χ4v) is 1.92. The molecular formula is C18H30O3. The molecule has 0 saturated carbocycles. The number of hydrogen-bond acceptors (Lipinski definition) is 2. The maximum atomic E-state index is 10.4. The highest BCUT2D eigenvalue weighted by Crippen LogP contribution is 2.39. The van der Waals surface area contributed by atoms with Gasteiger partial charge in [-0.2, -0.15) is 0 Å². The molecule has 0 saturated heterocycles. The van der Waals surface area contributed by atoms with E-state index < -0.39 is 5.97 Å². The molecule has 0 fully saturated rings. The lowest BCUT2D eigenvalue weighted by Crippen LogP contribution is -2.17. The van der Waals surface area contributed by atoms with Gasteiger partial charge in [0.15, 0.2) is 0 Å². The van der Waals surface area contributed by atoms with E-state index in [9.17, 15) is 9.90 Å². The van der Waals surface area contributed by atoms with Crippen LogP contribution in [0.3, 0.4) is 0 Å². The van der Waals surface area contributed by atoms with Crippen LogP contribution in [0.2, 0.25) is 0 Å². The first kappa shape index (κ1) is 19.5. The summed E-state index contributed by atoms with van der Waals surface area (Å²) in [4.78, 5) is 9.37. The number of rotatable bonds is 1. The molecule has 0 unspecified atom stereocenters. The standard InChI is InChI=1S/C15H24O.C3H6O2/c1-10-8-11(14(2,3)4)13(16)12(9-10)15(5,6)7;1-2-3(4)5/h8-9,16H,1-7H3;2H2,1H3,(H,4,5). The maximum absolute atomic E-state index is 10.4. The highest BCUT2D eigenvalue weighted by molar-refractivity contribution is 5.66. The lowest BCUT2D eigenvalue weighted by Gasteiger charge is -2.27. The summed E-state index contributed by atoms with van der Waals surface area (Å²) < 4.78 is 0. The highest BCUT2D eigenvalue weighted by atomic mass is 16.4. The van der Waals surface area contributed by atoms with Crippen molar-refractivity contribution in [3.63, 3.8) is 0 Å². The van der Waals surface area contributed by atoms with E-state index in [1.54, 1.807) is 6.92 Å². The number of carboxylic acid groups (broad SMARTS) is 1. The molecule has 0 aliphatic rings. The van der Waals surface area contributed by atoms with E-state index >= 15 is 0 Å². The number of aryl methyl sites for hydroxylation is 1. The van der Waals surface area contributed by atoms with Gasteiger partial charge < -0.3 is 10.2 Å². The van der Waals surface area contributed by atoms with E-state index in [1.807, 2.05) is 0 Å². The third-order valence-electron chi connectivity index (χ3n) is 3.17. The Kier molecular flexibility index (Phi) is 6.47. The van der Waals surface area contributed by atoms with Crippen LogP contribution in [-0.2, 0) is 15.6 Å². The fourth-order valence-electron chi connectivity index (χ4n) is 1.92. The van der Waals surface area contributed by atoms with Crippen molar-refractivity contribution in [2.75, 3.05) is 0 Å². The summed E-state index contributed by atoms with van der Waals surface area (Å²) in [7, 11) is 0. The Morgan fingerprint density at radius 1 is 1.00 bits per heavy atom. The maximum Gasteiger partial charge on any atom is 0.303 e. The zero-order valence-corrected chi connectivity index (χ0v) is 14.7. The van der Waals surface area contributed by atoms with Crippen LogP contribution in [0.25, 0.3) is 0 Å². The number of carbonyl (C=O) groups is 1. The second kappa shape index (κ2) is 6.97. The third-order valence-corrected chi connectivity index (χ3v) is 3.17. The molecule has 2 N–H and O–H groups in total. The van der Waals surface area contributed by atoms with Crippen molar-refractivity contribution in [1.82, 2.24) is 0 Å². The van der Waals surface area contributed by atoms with Crippen LogP contribution >= 0.6 is 0 Å². The minimum atomic E-state index is -0.745. The van der Waals surface area contributed by atoms with Crippen LogP contribution in [0, 0.1) is 6.92 Å². The van der Waals surface area contributed by atoms with Crippen LogP contribution in [0.1, 0.15) is 71.6 Å². The van der Waals surface area contributed by atoms with E-state index in [2.05, 4.69) is 60.6 Å². The summed E-state index contributed by atoms with van der Waals surface area (Å²) >= 11 is 0. The van der Waals surface area contributed by atoms with E-state index in [0.29, 0.717) is 5.75 Å². The summed E-state index contributed by atoms with van der Waals surface area (Å²) in [6.07, 6.45) is 0.222. The smallest absolute Gasteiger partial charge is 0.303 e. The van der Waals surface area contributed by atoms with Crippen molar-refractivity contribution < 1.29 is 15.0 Å². The Labute approximate surface area is 129 Å². The summed E-state index contributed by atoms with van der Waals surface area (Å²) in [5, 5.41) is 18.1. The second-order valence-electron chi connectivity index (χ2n) is 7.46. The van der Waals surface area contributed by atoms with Gasteiger partial charge in [-0.3, -0.25) is 4.79 Å². The summed E-state index contributed by atoms with van der Waals surface area (Å²) in [5.41, 5.74) is 3.26. The molecule has 1 rings (SSSR count). The van der Waals surface area contributed by atoms with Crippen LogP contribution in [-0.4, -0.2) is 16.2 Å². The average Bonchev–Trinajstić information content (AvgIpc) is 2.29. The van der Waals surface area contributed by atoms with Crippen molar-refractivity contribution >= 4 is 5.97 Å². The van der Waals surface area contributed by atoms with Crippen LogP contribution < -0.4 is 0 Å². The molecule has 0 heterocycles. The van der Waals surface area contributed by atoms with Gasteiger partial charge in [0.05, 0.1) is 0 Å². The van der Waals surface area contributed by atoms with Gasteiger partial charge in [0, 0.05) is 6.42 Å². The summed E-state index contributed by atoms with van der Waals surface area (Å²) in [5.74, 6) is -0.282. The van der Waals surface area contributed by atoms with E-state index in [0.717, 1.165) is 11.1 Å². The number of hydrogen-bond donors (Lipinski definition) is 2. The number of aromatic hydroxyl groups is 1. The quantitative estimate of drug-likeness (QED) is 0.784. The predicted octanol–water partition coefficient (Wildman–Crippen LogP) is 4.78. The predicted molar refractivity (Wildman–Crippen MR) is 88.2 cm³/mol. The Balaban J connectivity index is 0.000000690. The average molecular weight is 294 g/mol. The minimum Gasteiger partial charge on any atom is -0.507 e. The molecule has 0 radical (unpaired) electrons. The Hall–Kier alpha value is -1.51. The van der Waals surface area contributed by atoms with Gasteiger partial charge in [-0.25, -0.2) is 0 Å². The van der Waals surface area contributed by atoms with Gasteiger partial charge in [0.1, 0.15) is 5.75 Å². The highest BCUT2D eigenvalue weighted by Gasteiger charge is 2.25. The summed E-state index contributed by atoms with van der Waals surface area (Å²) in [6, 6.07) is 4.18. The molecule has 3 nitrogen and oxygen atoms in total. The first-order valence-electron chi connectivity index (χ1n) is 7.37. The normalized spacial score (nSPS) is 11.6. The first-order chi connectivity index (χ1) is 9.30. The van der Waals surface area contributed by atoms with Gasteiger partial charge >= 0.3 is 5.97 Å². The van der Waals surface area contributed by atoms with Gasteiger partial charge in [0.25, 0.3) is 0 Å². The van der Waals surface area contributed by atoms with Crippen molar-refractivity contribution in [2.45, 2.75) is 72.6 Å². The van der Waals surface area contributed by atoms with Crippen molar-refractivity contribution in [1.29, 1.82) is 0 Å². The SMILES string of the molecule is CCC(=O)O.Cc1cc(C(C)(C)C)c(O)c(C(C)(C)C)c1. The van der Waals surface area contributed by atoms with Gasteiger partial charge in [-0.1, -0.05) is 66.2 Å². The third kappa shape index (κ3) is 6.19. The molecule has 0 aliphatic carbocycles. The monoisotopic (exact) mass is 294 g/mol. The Morgan fingerprint density at radius 2 is 1.29 bits per heavy atom. The number of phenolic OH excluding ortho intramolecular Hbond substituents is 1. The summed E-state index contributed by atoms with van der Waals surface area (Å²) in [6.45, 7) is 16.5. The molecule has 0 aromatic heterocycles. The zero-order chi connectivity index (χ0) is 17.0. The van der Waals surface area contributed by atoms with E-state index in [-0.39, 0.29) is 17.3 Å². The largest absolute Gasteiger partial charge is 0.507 e. The van der Waals surface area contributed by atoms with Crippen molar-refractivity contribution in [3.8, 4) is 5.75 Å². The van der Waals surface area contributed by atoms with Gasteiger partial charge in [0.2, 0.25) is 0 Å².